The summed E-state index contributed by atoms with van der Waals surface area (Å²) in [6.45, 7) is 1.50. The summed E-state index contributed by atoms with van der Waals surface area (Å²) in [5, 5.41) is 11.7. The van der Waals surface area contributed by atoms with E-state index >= 15 is 0 Å². The fraction of sp³-hybridized carbons (Fsp3) is 0.176. The van der Waals surface area contributed by atoms with E-state index in [9.17, 15) is 9.59 Å². The van der Waals surface area contributed by atoms with E-state index < -0.39 is 17.2 Å². The van der Waals surface area contributed by atoms with Crippen molar-refractivity contribution in [2.24, 2.45) is 5.41 Å². The number of carbonyl (C=O) groups excluding carboxylic acids is 2. The summed E-state index contributed by atoms with van der Waals surface area (Å²) in [5.74, 6) is -1.22. The molecule has 5 nitrogen and oxygen atoms in total. The van der Waals surface area contributed by atoms with Crippen molar-refractivity contribution in [3.8, 4) is 0 Å². The minimum Gasteiger partial charge on any atom is -0.325 e. The number of para-hydroxylation sites is 1. The van der Waals surface area contributed by atoms with Crippen LogP contribution < -0.4 is 10.8 Å². The molecular weight excluding hydrogens is 280 g/mol. The molecule has 0 saturated heterocycles. The van der Waals surface area contributed by atoms with Gasteiger partial charge in [0.2, 0.25) is 5.91 Å². The lowest BCUT2D eigenvalue weighted by atomic mass is 9.81. The Morgan fingerprint density at radius 2 is 1.50 bits per heavy atom. The molecule has 22 heavy (non-hydrogen) atoms. The van der Waals surface area contributed by atoms with Crippen LogP contribution in [0.2, 0.25) is 0 Å². The van der Waals surface area contributed by atoms with E-state index in [-0.39, 0.29) is 6.42 Å². The van der Waals surface area contributed by atoms with Gasteiger partial charge in [0.15, 0.2) is 0 Å². The zero-order valence-corrected chi connectivity index (χ0v) is 12.2. The van der Waals surface area contributed by atoms with Crippen LogP contribution in [0.1, 0.15) is 12.5 Å². The molecular formula is C17H18N2O3. The number of benzene rings is 2. The molecule has 2 amide bonds. The van der Waals surface area contributed by atoms with Crippen LogP contribution in [0.3, 0.4) is 0 Å². The summed E-state index contributed by atoms with van der Waals surface area (Å²) in [5.41, 5.74) is 1.59. The standard InChI is InChI=1S/C17H18N2O3/c1-17(16(21)19-22,12-13-8-4-2-5-9-13)15(20)18-14-10-6-3-7-11-14/h2-11,22H,12H2,1H3,(H,18,20)(H,19,21)/t17-/m1/s1. The second-order valence-electron chi connectivity index (χ2n) is 5.26. The number of hydroxylamine groups is 1. The van der Waals surface area contributed by atoms with E-state index in [2.05, 4.69) is 5.32 Å². The Morgan fingerprint density at radius 1 is 0.955 bits per heavy atom. The Balaban J connectivity index is 2.25. The van der Waals surface area contributed by atoms with Crippen LogP contribution >= 0.6 is 0 Å². The Hall–Kier alpha value is -2.66. The second-order valence-corrected chi connectivity index (χ2v) is 5.26. The van der Waals surface area contributed by atoms with Gasteiger partial charge in [-0.15, -0.1) is 0 Å². The average Bonchev–Trinajstić information content (AvgIpc) is 2.55. The molecule has 5 heteroatoms. The zero-order valence-electron chi connectivity index (χ0n) is 12.2. The van der Waals surface area contributed by atoms with Gasteiger partial charge < -0.3 is 5.32 Å². The van der Waals surface area contributed by atoms with Gasteiger partial charge in [0.25, 0.3) is 5.91 Å². The zero-order chi connectivity index (χ0) is 16.0. The number of amides is 2. The molecule has 2 rings (SSSR count). The van der Waals surface area contributed by atoms with Gasteiger partial charge in [-0.25, -0.2) is 5.48 Å². The minimum absolute atomic E-state index is 0.179. The Bertz CT molecular complexity index is 643. The summed E-state index contributed by atoms with van der Waals surface area (Å²) in [6, 6.07) is 18.1. The molecule has 1 atom stereocenters. The van der Waals surface area contributed by atoms with Crippen molar-refractivity contribution < 1.29 is 14.8 Å². The largest absolute Gasteiger partial charge is 0.325 e. The molecule has 3 N–H and O–H groups in total. The van der Waals surface area contributed by atoms with Gasteiger partial charge in [-0.05, 0) is 31.0 Å². The molecule has 0 bridgehead atoms. The van der Waals surface area contributed by atoms with Gasteiger partial charge in [0.05, 0.1) is 0 Å². The third-order valence-corrected chi connectivity index (χ3v) is 3.54. The molecule has 0 radical (unpaired) electrons. The molecule has 0 saturated carbocycles. The predicted molar refractivity (Wildman–Crippen MR) is 83.3 cm³/mol. The normalized spacial score (nSPS) is 13.0. The summed E-state index contributed by atoms with van der Waals surface area (Å²) < 4.78 is 0. The summed E-state index contributed by atoms with van der Waals surface area (Å²) in [6.07, 6.45) is 0.179. The molecule has 0 unspecified atom stereocenters. The lowest BCUT2D eigenvalue weighted by Gasteiger charge is -2.26. The van der Waals surface area contributed by atoms with E-state index in [0.29, 0.717) is 5.69 Å². The molecule has 0 aliphatic rings. The molecule has 0 aromatic heterocycles. The number of rotatable bonds is 5. The number of hydrogen-bond donors (Lipinski definition) is 3. The maximum absolute atomic E-state index is 12.6. The first-order valence-corrected chi connectivity index (χ1v) is 6.91. The topological polar surface area (TPSA) is 78.4 Å². The fourth-order valence-electron chi connectivity index (χ4n) is 2.18. The van der Waals surface area contributed by atoms with Crippen LogP contribution in [0.15, 0.2) is 60.7 Å². The van der Waals surface area contributed by atoms with Crippen molar-refractivity contribution in [3.63, 3.8) is 0 Å². The highest BCUT2D eigenvalue weighted by Gasteiger charge is 2.41. The summed E-state index contributed by atoms with van der Waals surface area (Å²) >= 11 is 0. The van der Waals surface area contributed by atoms with Gasteiger partial charge >= 0.3 is 0 Å². The molecule has 0 fully saturated rings. The number of nitrogens with one attached hydrogen (secondary N) is 2. The molecule has 114 valence electrons. The smallest absolute Gasteiger partial charge is 0.259 e. The lowest BCUT2D eigenvalue weighted by molar-refractivity contribution is -0.145. The number of anilines is 1. The molecule has 0 spiro atoms. The van der Waals surface area contributed by atoms with Crippen molar-refractivity contribution in [2.45, 2.75) is 13.3 Å². The van der Waals surface area contributed by atoms with Crippen LogP contribution in [0.4, 0.5) is 5.69 Å². The molecule has 0 aliphatic carbocycles. The molecule has 0 heterocycles. The Labute approximate surface area is 128 Å². The maximum Gasteiger partial charge on any atom is 0.259 e. The highest BCUT2D eigenvalue weighted by molar-refractivity contribution is 6.10. The van der Waals surface area contributed by atoms with E-state index in [0.717, 1.165) is 5.56 Å². The first-order chi connectivity index (χ1) is 10.6. The fourth-order valence-corrected chi connectivity index (χ4v) is 2.18. The van der Waals surface area contributed by atoms with E-state index in [4.69, 9.17) is 5.21 Å². The van der Waals surface area contributed by atoms with Crippen molar-refractivity contribution in [1.82, 2.24) is 5.48 Å². The quantitative estimate of drug-likeness (QED) is 0.450. The lowest BCUT2D eigenvalue weighted by Crippen LogP contribution is -2.47. The summed E-state index contributed by atoms with van der Waals surface area (Å²) in [4.78, 5) is 24.6. The Morgan fingerprint density at radius 3 is 2.05 bits per heavy atom. The first-order valence-electron chi connectivity index (χ1n) is 6.91. The van der Waals surface area contributed by atoms with Crippen LogP contribution in [0.5, 0.6) is 0 Å². The highest BCUT2D eigenvalue weighted by atomic mass is 16.5. The van der Waals surface area contributed by atoms with Gasteiger partial charge in [-0.2, -0.15) is 0 Å². The van der Waals surface area contributed by atoms with Crippen molar-refractivity contribution in [2.75, 3.05) is 5.32 Å². The molecule has 2 aromatic rings. The second kappa shape index (κ2) is 6.87. The van der Waals surface area contributed by atoms with Crippen LogP contribution in [-0.2, 0) is 16.0 Å². The van der Waals surface area contributed by atoms with Crippen molar-refractivity contribution >= 4 is 17.5 Å². The van der Waals surface area contributed by atoms with E-state index in [1.807, 2.05) is 36.4 Å². The number of carbonyl (C=O) groups is 2. The van der Waals surface area contributed by atoms with Crippen molar-refractivity contribution in [1.29, 1.82) is 0 Å². The van der Waals surface area contributed by atoms with Gasteiger partial charge in [0, 0.05) is 5.69 Å². The van der Waals surface area contributed by atoms with Crippen molar-refractivity contribution in [3.05, 3.63) is 66.2 Å². The van der Waals surface area contributed by atoms with Gasteiger partial charge in [-0.1, -0.05) is 48.5 Å². The molecule has 2 aromatic carbocycles. The van der Waals surface area contributed by atoms with Crippen LogP contribution in [0, 0.1) is 5.41 Å². The average molecular weight is 298 g/mol. The predicted octanol–water partition coefficient (Wildman–Crippen LogP) is 2.38. The first kappa shape index (κ1) is 15.7. The third-order valence-electron chi connectivity index (χ3n) is 3.54. The SMILES string of the molecule is C[C@](Cc1ccccc1)(C(=O)NO)C(=O)Nc1ccccc1. The summed E-state index contributed by atoms with van der Waals surface area (Å²) in [7, 11) is 0. The van der Waals surface area contributed by atoms with E-state index in [1.165, 1.54) is 6.92 Å². The van der Waals surface area contributed by atoms with Gasteiger partial charge in [-0.3, -0.25) is 14.8 Å². The highest BCUT2D eigenvalue weighted by Crippen LogP contribution is 2.25. The number of hydrogen-bond acceptors (Lipinski definition) is 3. The Kier molecular flexibility index (Phi) is 4.91. The monoisotopic (exact) mass is 298 g/mol. The third kappa shape index (κ3) is 3.51. The minimum atomic E-state index is -1.42. The van der Waals surface area contributed by atoms with Crippen LogP contribution in [-0.4, -0.2) is 17.0 Å². The van der Waals surface area contributed by atoms with Gasteiger partial charge in [0.1, 0.15) is 5.41 Å². The van der Waals surface area contributed by atoms with Crippen LogP contribution in [0.25, 0.3) is 0 Å². The molecule has 0 aliphatic heterocycles. The maximum atomic E-state index is 12.6. The van der Waals surface area contributed by atoms with E-state index in [1.54, 1.807) is 29.7 Å².